The van der Waals surface area contributed by atoms with E-state index in [2.05, 4.69) is 10.1 Å². The molecule has 5 rings (SSSR count). The molecule has 176 valence electrons. The van der Waals surface area contributed by atoms with Crippen molar-refractivity contribution >= 4 is 32.8 Å². The Bertz CT molecular complexity index is 1470. The number of anilines is 1. The van der Waals surface area contributed by atoms with Crippen LogP contribution in [-0.2, 0) is 16.0 Å². The van der Waals surface area contributed by atoms with Gasteiger partial charge in [0.1, 0.15) is 5.69 Å². The average molecular weight is 507 g/mol. The second kappa shape index (κ2) is 8.28. The highest BCUT2D eigenvalue weighted by Crippen LogP contribution is 2.38. The smallest absolute Gasteiger partial charge is 0.365 e. The normalized spacial score (nSPS) is 16.2. The molecule has 4 aromatic rings. The van der Waals surface area contributed by atoms with Crippen LogP contribution in [0.15, 0.2) is 60.9 Å². The standard InChI is InChI=1S/C23H18ClF3N4O2S/c24-19-4-2-1-3-17(19)18-13-28-22-20(30-9-11-34(32,33)12-10-30)14-29-31(22)21(18)15-5-7-16(8-6-15)23(25,26)27/h1-8,13-14H,9-12H2. The molecule has 0 atom stereocenters. The summed E-state index contributed by atoms with van der Waals surface area (Å²) in [6.45, 7) is 0.625. The quantitative estimate of drug-likeness (QED) is 0.392. The van der Waals surface area contributed by atoms with Crippen molar-refractivity contribution in [1.29, 1.82) is 0 Å². The fourth-order valence-electron chi connectivity index (χ4n) is 4.07. The number of hydrogen-bond donors (Lipinski definition) is 0. The topological polar surface area (TPSA) is 67.6 Å². The van der Waals surface area contributed by atoms with Gasteiger partial charge in [-0.2, -0.15) is 18.3 Å². The minimum absolute atomic E-state index is 0.0355. The summed E-state index contributed by atoms with van der Waals surface area (Å²) in [6, 6.07) is 12.0. The third kappa shape index (κ3) is 4.12. The van der Waals surface area contributed by atoms with Gasteiger partial charge in [0, 0.05) is 41.0 Å². The van der Waals surface area contributed by atoms with E-state index in [4.69, 9.17) is 11.6 Å². The summed E-state index contributed by atoms with van der Waals surface area (Å²) in [6.07, 6.45) is -1.23. The fraction of sp³-hybridized carbons (Fsp3) is 0.217. The monoisotopic (exact) mass is 506 g/mol. The molecular weight excluding hydrogens is 489 g/mol. The summed E-state index contributed by atoms with van der Waals surface area (Å²) in [4.78, 5) is 6.49. The molecule has 0 radical (unpaired) electrons. The molecule has 2 aromatic carbocycles. The van der Waals surface area contributed by atoms with Gasteiger partial charge in [0.2, 0.25) is 0 Å². The number of benzene rings is 2. The lowest BCUT2D eigenvalue weighted by Crippen LogP contribution is -2.40. The van der Waals surface area contributed by atoms with Crippen molar-refractivity contribution in [1.82, 2.24) is 14.6 Å². The lowest BCUT2D eigenvalue weighted by molar-refractivity contribution is -0.137. The number of alkyl halides is 3. The van der Waals surface area contributed by atoms with Crippen molar-refractivity contribution in [2.45, 2.75) is 6.18 Å². The molecule has 1 saturated heterocycles. The van der Waals surface area contributed by atoms with E-state index >= 15 is 0 Å². The Morgan fingerprint density at radius 2 is 1.59 bits per heavy atom. The fourth-order valence-corrected chi connectivity index (χ4v) is 5.51. The van der Waals surface area contributed by atoms with Crippen molar-refractivity contribution in [3.05, 3.63) is 71.5 Å². The highest BCUT2D eigenvalue weighted by Gasteiger charge is 2.30. The molecule has 6 nitrogen and oxygen atoms in total. The Balaban J connectivity index is 1.69. The Morgan fingerprint density at radius 3 is 2.24 bits per heavy atom. The van der Waals surface area contributed by atoms with Gasteiger partial charge in [0.05, 0.1) is 29.0 Å². The van der Waals surface area contributed by atoms with Crippen molar-refractivity contribution in [2.24, 2.45) is 0 Å². The first-order valence-corrected chi connectivity index (χ1v) is 12.6. The number of nitrogens with zero attached hydrogens (tertiary/aromatic N) is 4. The van der Waals surface area contributed by atoms with E-state index in [9.17, 15) is 21.6 Å². The van der Waals surface area contributed by atoms with E-state index < -0.39 is 21.6 Å². The predicted octanol–water partition coefficient (Wildman–Crippen LogP) is 4.97. The van der Waals surface area contributed by atoms with E-state index in [-0.39, 0.29) is 11.5 Å². The van der Waals surface area contributed by atoms with Crippen molar-refractivity contribution in [3.8, 4) is 22.4 Å². The number of sulfone groups is 1. The molecule has 0 aliphatic carbocycles. The SMILES string of the molecule is O=S1(=O)CCN(c2cnn3c(-c4ccc(C(F)(F)F)cc4)c(-c4ccccc4Cl)cnc23)CC1. The minimum atomic E-state index is -4.45. The zero-order valence-electron chi connectivity index (χ0n) is 17.6. The van der Waals surface area contributed by atoms with Crippen LogP contribution in [0.2, 0.25) is 5.02 Å². The van der Waals surface area contributed by atoms with Crippen LogP contribution < -0.4 is 4.90 Å². The molecule has 0 saturated carbocycles. The molecule has 0 spiro atoms. The lowest BCUT2D eigenvalue weighted by atomic mass is 9.99. The number of halogens is 4. The van der Waals surface area contributed by atoms with Gasteiger partial charge in [-0.25, -0.2) is 17.9 Å². The highest BCUT2D eigenvalue weighted by molar-refractivity contribution is 7.91. The molecular formula is C23H18ClF3N4O2S. The first-order chi connectivity index (χ1) is 16.1. The largest absolute Gasteiger partial charge is 0.416 e. The minimum Gasteiger partial charge on any atom is -0.365 e. The molecule has 34 heavy (non-hydrogen) atoms. The second-order valence-corrected chi connectivity index (χ2v) is 10.7. The van der Waals surface area contributed by atoms with Crippen molar-refractivity contribution in [3.63, 3.8) is 0 Å². The summed E-state index contributed by atoms with van der Waals surface area (Å²) < 4.78 is 64.7. The summed E-state index contributed by atoms with van der Waals surface area (Å²) in [7, 11) is -3.07. The van der Waals surface area contributed by atoms with Gasteiger partial charge in [0.15, 0.2) is 15.5 Å². The third-order valence-corrected chi connectivity index (χ3v) is 7.78. The molecule has 11 heteroatoms. The molecule has 1 aliphatic rings. The van der Waals surface area contributed by atoms with Gasteiger partial charge in [-0.15, -0.1) is 0 Å². The van der Waals surface area contributed by atoms with Crippen LogP contribution in [0.5, 0.6) is 0 Å². The van der Waals surface area contributed by atoms with Crippen LogP contribution in [0, 0.1) is 0 Å². The van der Waals surface area contributed by atoms with E-state index in [1.807, 2.05) is 11.0 Å². The van der Waals surface area contributed by atoms with Crippen LogP contribution in [0.3, 0.4) is 0 Å². The van der Waals surface area contributed by atoms with Gasteiger partial charge in [0.25, 0.3) is 0 Å². The van der Waals surface area contributed by atoms with Gasteiger partial charge in [-0.1, -0.05) is 41.9 Å². The van der Waals surface area contributed by atoms with Gasteiger partial charge in [-0.05, 0) is 18.2 Å². The Labute approximate surface area is 198 Å². The van der Waals surface area contributed by atoms with Crippen molar-refractivity contribution < 1.29 is 21.6 Å². The number of hydrogen-bond acceptors (Lipinski definition) is 5. The maximum absolute atomic E-state index is 13.1. The van der Waals surface area contributed by atoms with Gasteiger partial charge >= 0.3 is 6.18 Å². The summed E-state index contributed by atoms with van der Waals surface area (Å²) in [5, 5.41) is 4.95. The summed E-state index contributed by atoms with van der Waals surface area (Å²) in [5.41, 5.74) is 2.69. The molecule has 0 unspecified atom stereocenters. The van der Waals surface area contributed by atoms with Crippen LogP contribution in [0.1, 0.15) is 5.56 Å². The number of fused-ring (bicyclic) bond motifs is 1. The van der Waals surface area contributed by atoms with Crippen LogP contribution in [-0.4, -0.2) is 47.6 Å². The summed E-state index contributed by atoms with van der Waals surface area (Å²) in [5.74, 6) is 0.0710. The van der Waals surface area contributed by atoms with Gasteiger partial charge in [-0.3, -0.25) is 0 Å². The number of aromatic nitrogens is 3. The third-order valence-electron chi connectivity index (χ3n) is 5.84. The van der Waals surface area contributed by atoms with Crippen LogP contribution in [0.25, 0.3) is 28.0 Å². The molecule has 3 heterocycles. The van der Waals surface area contributed by atoms with E-state index in [0.29, 0.717) is 51.8 Å². The zero-order chi connectivity index (χ0) is 24.1. The Morgan fingerprint density at radius 1 is 0.912 bits per heavy atom. The molecule has 2 aromatic heterocycles. The molecule has 1 aliphatic heterocycles. The number of rotatable bonds is 3. The summed E-state index contributed by atoms with van der Waals surface area (Å²) >= 11 is 6.44. The highest BCUT2D eigenvalue weighted by atomic mass is 35.5. The van der Waals surface area contributed by atoms with Gasteiger partial charge < -0.3 is 4.90 Å². The van der Waals surface area contributed by atoms with Crippen LogP contribution >= 0.6 is 11.6 Å². The predicted molar refractivity (Wildman–Crippen MR) is 125 cm³/mol. The lowest BCUT2D eigenvalue weighted by Gasteiger charge is -2.27. The maximum Gasteiger partial charge on any atom is 0.416 e. The first-order valence-electron chi connectivity index (χ1n) is 10.4. The van der Waals surface area contributed by atoms with E-state index in [0.717, 1.165) is 12.1 Å². The molecule has 0 amide bonds. The zero-order valence-corrected chi connectivity index (χ0v) is 19.2. The van der Waals surface area contributed by atoms with E-state index in [1.165, 1.54) is 12.1 Å². The Hall–Kier alpha value is -3.11. The first kappa shape index (κ1) is 22.7. The average Bonchev–Trinajstić information content (AvgIpc) is 3.22. The molecule has 1 fully saturated rings. The van der Waals surface area contributed by atoms with E-state index in [1.54, 1.807) is 35.1 Å². The van der Waals surface area contributed by atoms with Crippen LogP contribution in [0.4, 0.5) is 18.9 Å². The molecule has 0 N–H and O–H groups in total. The molecule has 0 bridgehead atoms. The van der Waals surface area contributed by atoms with Crippen molar-refractivity contribution in [2.75, 3.05) is 29.5 Å². The maximum atomic E-state index is 13.1. The second-order valence-electron chi connectivity index (χ2n) is 7.98. The Kier molecular flexibility index (Phi) is 5.52.